The second kappa shape index (κ2) is 3.75. The van der Waals surface area contributed by atoms with Crippen LogP contribution in [-0.2, 0) is 0 Å². The molecule has 3 rings (SSSR count). The van der Waals surface area contributed by atoms with Crippen LogP contribution >= 0.6 is 0 Å². The summed E-state index contributed by atoms with van der Waals surface area (Å²) in [6, 6.07) is 5.73. The summed E-state index contributed by atoms with van der Waals surface area (Å²) in [6.45, 7) is 0.529. The van der Waals surface area contributed by atoms with Crippen molar-refractivity contribution in [1.29, 1.82) is 0 Å². The molecule has 1 atom stereocenters. The molecule has 5 heteroatoms. The summed E-state index contributed by atoms with van der Waals surface area (Å²) in [6.07, 6.45) is 3.86. The van der Waals surface area contributed by atoms with E-state index in [4.69, 9.17) is 0 Å². The Morgan fingerprint density at radius 2 is 2.38 bits per heavy atom. The lowest BCUT2D eigenvalue weighted by molar-refractivity contribution is 0.164. The van der Waals surface area contributed by atoms with Gasteiger partial charge in [-0.3, -0.25) is 0 Å². The molecule has 84 valence electrons. The summed E-state index contributed by atoms with van der Waals surface area (Å²) in [7, 11) is 0. The zero-order chi connectivity index (χ0) is 11.0. The van der Waals surface area contributed by atoms with Gasteiger partial charge >= 0.3 is 0 Å². The number of aromatic nitrogens is 3. The van der Waals surface area contributed by atoms with Gasteiger partial charge in [0.15, 0.2) is 5.65 Å². The number of pyridine rings is 1. The summed E-state index contributed by atoms with van der Waals surface area (Å²) in [4.78, 5) is 4.29. The fourth-order valence-corrected chi connectivity index (χ4v) is 1.75. The van der Waals surface area contributed by atoms with Crippen molar-refractivity contribution < 1.29 is 5.11 Å². The number of hydrogen-bond acceptors (Lipinski definition) is 4. The van der Waals surface area contributed by atoms with Crippen molar-refractivity contribution in [2.24, 2.45) is 5.92 Å². The van der Waals surface area contributed by atoms with Gasteiger partial charge < -0.3 is 10.4 Å². The highest BCUT2D eigenvalue weighted by Crippen LogP contribution is 2.32. The van der Waals surface area contributed by atoms with E-state index in [2.05, 4.69) is 15.4 Å². The van der Waals surface area contributed by atoms with Crippen molar-refractivity contribution in [3.8, 4) is 0 Å². The van der Waals surface area contributed by atoms with E-state index in [1.807, 2.05) is 24.4 Å². The summed E-state index contributed by atoms with van der Waals surface area (Å²) >= 11 is 0. The molecular weight excluding hydrogens is 204 g/mol. The highest BCUT2D eigenvalue weighted by atomic mass is 16.3. The summed E-state index contributed by atoms with van der Waals surface area (Å²) in [5, 5.41) is 17.0. The predicted molar refractivity (Wildman–Crippen MR) is 60.2 cm³/mol. The van der Waals surface area contributed by atoms with E-state index < -0.39 is 0 Å². The molecule has 1 fully saturated rings. The maximum absolute atomic E-state index is 9.70. The van der Waals surface area contributed by atoms with Gasteiger partial charge in [0.2, 0.25) is 5.95 Å². The number of anilines is 1. The van der Waals surface area contributed by atoms with Crippen LogP contribution in [0.1, 0.15) is 12.8 Å². The van der Waals surface area contributed by atoms with Crippen LogP contribution in [0.25, 0.3) is 5.65 Å². The number of nitrogens with zero attached hydrogens (tertiary/aromatic N) is 3. The Morgan fingerprint density at radius 3 is 3.12 bits per heavy atom. The quantitative estimate of drug-likeness (QED) is 0.800. The van der Waals surface area contributed by atoms with E-state index in [1.54, 1.807) is 4.52 Å². The standard InChI is InChI=1S/C11H14N4O/c16-9(8-4-5-8)7-12-11-13-10-3-1-2-6-15(10)14-11/h1-3,6,8-9,16H,4-5,7H2,(H,12,14). The lowest BCUT2D eigenvalue weighted by Crippen LogP contribution is -2.21. The molecule has 0 radical (unpaired) electrons. The predicted octanol–water partition coefficient (Wildman–Crippen LogP) is 0.912. The van der Waals surface area contributed by atoms with Gasteiger partial charge in [0.05, 0.1) is 6.10 Å². The van der Waals surface area contributed by atoms with E-state index in [1.165, 1.54) is 0 Å². The van der Waals surface area contributed by atoms with Crippen LogP contribution < -0.4 is 5.32 Å². The third-order valence-corrected chi connectivity index (χ3v) is 2.88. The molecule has 1 aliphatic rings. The SMILES string of the molecule is OC(CNc1nc2ccccn2n1)C1CC1. The van der Waals surface area contributed by atoms with Crippen LogP contribution in [0.15, 0.2) is 24.4 Å². The van der Waals surface area contributed by atoms with Crippen molar-refractivity contribution in [2.45, 2.75) is 18.9 Å². The smallest absolute Gasteiger partial charge is 0.243 e. The van der Waals surface area contributed by atoms with Crippen molar-refractivity contribution in [3.63, 3.8) is 0 Å². The second-order valence-electron chi connectivity index (χ2n) is 4.22. The second-order valence-corrected chi connectivity index (χ2v) is 4.22. The molecule has 2 heterocycles. The Kier molecular flexibility index (Phi) is 2.25. The Balaban J connectivity index is 1.69. The fourth-order valence-electron chi connectivity index (χ4n) is 1.75. The largest absolute Gasteiger partial charge is 0.391 e. The van der Waals surface area contributed by atoms with Crippen LogP contribution in [-0.4, -0.2) is 32.4 Å². The van der Waals surface area contributed by atoms with Gasteiger partial charge in [-0.25, -0.2) is 4.52 Å². The minimum atomic E-state index is -0.272. The molecular formula is C11H14N4O. The normalized spacial score (nSPS) is 17.6. The van der Waals surface area contributed by atoms with E-state index >= 15 is 0 Å². The van der Waals surface area contributed by atoms with E-state index in [0.29, 0.717) is 18.4 Å². The molecule has 1 saturated carbocycles. The number of nitrogens with one attached hydrogen (secondary N) is 1. The van der Waals surface area contributed by atoms with Crippen molar-refractivity contribution in [3.05, 3.63) is 24.4 Å². The Hall–Kier alpha value is -1.62. The monoisotopic (exact) mass is 218 g/mol. The molecule has 5 nitrogen and oxygen atoms in total. The third kappa shape index (κ3) is 1.86. The first-order valence-electron chi connectivity index (χ1n) is 5.56. The minimum Gasteiger partial charge on any atom is -0.391 e. The van der Waals surface area contributed by atoms with Crippen LogP contribution in [0.2, 0.25) is 0 Å². The van der Waals surface area contributed by atoms with Crippen molar-refractivity contribution >= 4 is 11.6 Å². The molecule has 2 aromatic heterocycles. The van der Waals surface area contributed by atoms with Gasteiger partial charge in [0, 0.05) is 12.7 Å². The molecule has 2 N–H and O–H groups in total. The zero-order valence-electron chi connectivity index (χ0n) is 8.87. The van der Waals surface area contributed by atoms with E-state index in [0.717, 1.165) is 18.5 Å². The number of fused-ring (bicyclic) bond motifs is 1. The molecule has 16 heavy (non-hydrogen) atoms. The summed E-state index contributed by atoms with van der Waals surface area (Å²) in [5.74, 6) is 1.05. The van der Waals surface area contributed by atoms with Gasteiger partial charge in [-0.15, -0.1) is 5.10 Å². The summed E-state index contributed by atoms with van der Waals surface area (Å²) < 4.78 is 1.71. The minimum absolute atomic E-state index is 0.272. The molecule has 0 aliphatic heterocycles. The molecule has 0 amide bonds. The van der Waals surface area contributed by atoms with Gasteiger partial charge in [0.1, 0.15) is 0 Å². The first kappa shape index (κ1) is 9.59. The fraction of sp³-hybridized carbons (Fsp3) is 0.455. The highest BCUT2D eigenvalue weighted by molar-refractivity contribution is 5.42. The van der Waals surface area contributed by atoms with Gasteiger partial charge in [-0.1, -0.05) is 6.07 Å². The lowest BCUT2D eigenvalue weighted by Gasteiger charge is -2.08. The molecule has 0 bridgehead atoms. The zero-order valence-corrected chi connectivity index (χ0v) is 8.87. The van der Waals surface area contributed by atoms with Gasteiger partial charge in [-0.05, 0) is 30.9 Å². The average molecular weight is 218 g/mol. The number of rotatable bonds is 4. The molecule has 0 spiro atoms. The molecule has 1 unspecified atom stereocenters. The first-order chi connectivity index (χ1) is 7.83. The van der Waals surface area contributed by atoms with Gasteiger partial charge in [0.25, 0.3) is 0 Å². The average Bonchev–Trinajstić information content (AvgIpc) is 3.06. The first-order valence-corrected chi connectivity index (χ1v) is 5.56. The maximum Gasteiger partial charge on any atom is 0.243 e. The van der Waals surface area contributed by atoms with Crippen molar-refractivity contribution in [2.75, 3.05) is 11.9 Å². The number of aliphatic hydroxyl groups excluding tert-OH is 1. The van der Waals surface area contributed by atoms with E-state index in [9.17, 15) is 5.11 Å². The maximum atomic E-state index is 9.70. The third-order valence-electron chi connectivity index (χ3n) is 2.88. The van der Waals surface area contributed by atoms with Crippen LogP contribution in [0.5, 0.6) is 0 Å². The Morgan fingerprint density at radius 1 is 1.50 bits per heavy atom. The Labute approximate surface area is 93.1 Å². The number of aliphatic hydroxyl groups is 1. The summed E-state index contributed by atoms with van der Waals surface area (Å²) in [5.41, 5.74) is 0.811. The number of hydrogen-bond donors (Lipinski definition) is 2. The lowest BCUT2D eigenvalue weighted by atomic mass is 10.2. The molecule has 0 saturated heterocycles. The van der Waals surface area contributed by atoms with E-state index in [-0.39, 0.29) is 6.10 Å². The van der Waals surface area contributed by atoms with Crippen LogP contribution in [0, 0.1) is 5.92 Å². The van der Waals surface area contributed by atoms with Crippen LogP contribution in [0.3, 0.4) is 0 Å². The Bertz CT molecular complexity index is 458. The van der Waals surface area contributed by atoms with Crippen molar-refractivity contribution in [1.82, 2.24) is 14.6 Å². The topological polar surface area (TPSA) is 62.5 Å². The van der Waals surface area contributed by atoms with Crippen LogP contribution in [0.4, 0.5) is 5.95 Å². The molecule has 0 aromatic carbocycles. The molecule has 2 aromatic rings. The highest BCUT2D eigenvalue weighted by Gasteiger charge is 2.29. The van der Waals surface area contributed by atoms with Gasteiger partial charge in [-0.2, -0.15) is 4.98 Å². The molecule has 1 aliphatic carbocycles.